The normalized spacial score (nSPS) is 12.4. The number of nitro groups is 1. The first-order chi connectivity index (χ1) is 13.0. The van der Waals surface area contributed by atoms with Gasteiger partial charge in [0.25, 0.3) is 5.69 Å². The number of fused-ring (bicyclic) bond motifs is 1. The average Bonchev–Trinajstić information content (AvgIpc) is 2.89. The Kier molecular flexibility index (Phi) is 4.91. The van der Waals surface area contributed by atoms with Crippen molar-refractivity contribution in [1.82, 2.24) is 9.38 Å². The molecule has 0 bridgehead atoms. The molecule has 2 aromatic heterocycles. The largest absolute Gasteiger partial charge is 0.364 e. The van der Waals surface area contributed by atoms with E-state index in [1.807, 2.05) is 35.7 Å². The number of aromatic nitrogens is 2. The number of pyridine rings is 1. The number of imidazole rings is 1. The van der Waals surface area contributed by atoms with Crippen LogP contribution in [0.3, 0.4) is 0 Å². The van der Waals surface area contributed by atoms with Gasteiger partial charge in [0, 0.05) is 29.4 Å². The number of rotatable bonds is 5. The molecule has 0 aliphatic heterocycles. The second-order valence-corrected chi connectivity index (χ2v) is 9.30. The molecule has 6 heteroatoms. The maximum atomic E-state index is 11.2. The third kappa shape index (κ3) is 4.32. The highest BCUT2D eigenvalue weighted by molar-refractivity contribution is 5.78. The molecule has 3 aromatic rings. The summed E-state index contributed by atoms with van der Waals surface area (Å²) in [6.07, 6.45) is 2.95. The van der Waals surface area contributed by atoms with E-state index < -0.39 is 0 Å². The van der Waals surface area contributed by atoms with Crippen molar-refractivity contribution >= 4 is 17.2 Å². The SMILES string of the molecule is Cc1ccn2c(NC(C)(C)CC(C)(C)C)c(-c3cccc([N+](=O)[O-])c3)nc2c1. The van der Waals surface area contributed by atoms with E-state index in [9.17, 15) is 10.1 Å². The lowest BCUT2D eigenvalue weighted by Crippen LogP contribution is -2.36. The van der Waals surface area contributed by atoms with Crippen LogP contribution < -0.4 is 5.32 Å². The van der Waals surface area contributed by atoms with E-state index in [0.717, 1.165) is 34.7 Å². The second-order valence-electron chi connectivity index (χ2n) is 9.30. The third-order valence-electron chi connectivity index (χ3n) is 4.54. The smallest absolute Gasteiger partial charge is 0.270 e. The summed E-state index contributed by atoms with van der Waals surface area (Å²) in [7, 11) is 0. The van der Waals surface area contributed by atoms with Gasteiger partial charge in [-0.2, -0.15) is 0 Å². The molecule has 3 rings (SSSR count). The molecule has 0 aliphatic rings. The summed E-state index contributed by atoms with van der Waals surface area (Å²) in [4.78, 5) is 15.7. The van der Waals surface area contributed by atoms with E-state index in [4.69, 9.17) is 4.98 Å². The Labute approximate surface area is 165 Å². The lowest BCUT2D eigenvalue weighted by Gasteiger charge is -2.34. The molecule has 1 N–H and O–H groups in total. The summed E-state index contributed by atoms with van der Waals surface area (Å²) in [5.74, 6) is 0.852. The zero-order valence-corrected chi connectivity index (χ0v) is 17.4. The first kappa shape index (κ1) is 19.9. The molecule has 0 radical (unpaired) electrons. The highest BCUT2D eigenvalue weighted by Gasteiger charge is 2.28. The van der Waals surface area contributed by atoms with E-state index >= 15 is 0 Å². The first-order valence-corrected chi connectivity index (χ1v) is 9.47. The van der Waals surface area contributed by atoms with E-state index in [-0.39, 0.29) is 21.6 Å². The Morgan fingerprint density at radius 1 is 1.14 bits per heavy atom. The van der Waals surface area contributed by atoms with Crippen LogP contribution in [0, 0.1) is 22.5 Å². The molecule has 6 nitrogen and oxygen atoms in total. The van der Waals surface area contributed by atoms with Gasteiger partial charge in [0.15, 0.2) is 0 Å². The Morgan fingerprint density at radius 3 is 2.50 bits per heavy atom. The van der Waals surface area contributed by atoms with Crippen LogP contribution in [0.2, 0.25) is 0 Å². The fourth-order valence-corrected chi connectivity index (χ4v) is 3.92. The van der Waals surface area contributed by atoms with Gasteiger partial charge in [-0.3, -0.25) is 14.5 Å². The van der Waals surface area contributed by atoms with Gasteiger partial charge in [-0.1, -0.05) is 32.9 Å². The molecule has 148 valence electrons. The van der Waals surface area contributed by atoms with Gasteiger partial charge < -0.3 is 5.32 Å². The number of hydrogen-bond donors (Lipinski definition) is 1. The van der Waals surface area contributed by atoms with Gasteiger partial charge in [0.1, 0.15) is 17.2 Å². The molecular weight excluding hydrogens is 352 g/mol. The van der Waals surface area contributed by atoms with Crippen LogP contribution in [-0.2, 0) is 0 Å². The Balaban J connectivity index is 2.16. The number of nitro benzene ring substituents is 1. The average molecular weight is 380 g/mol. The van der Waals surface area contributed by atoms with Crippen LogP contribution in [-0.4, -0.2) is 19.8 Å². The molecule has 0 spiro atoms. The Bertz CT molecular complexity index is 1030. The number of nitrogens with zero attached hydrogens (tertiary/aromatic N) is 3. The predicted molar refractivity (Wildman–Crippen MR) is 114 cm³/mol. The van der Waals surface area contributed by atoms with E-state index in [1.165, 1.54) is 6.07 Å². The topological polar surface area (TPSA) is 72.5 Å². The Hall–Kier alpha value is -2.89. The summed E-state index contributed by atoms with van der Waals surface area (Å²) >= 11 is 0. The van der Waals surface area contributed by atoms with Crippen LogP contribution in [0.4, 0.5) is 11.5 Å². The molecule has 0 fully saturated rings. The minimum Gasteiger partial charge on any atom is -0.364 e. The summed E-state index contributed by atoms with van der Waals surface area (Å²) in [5.41, 5.74) is 3.40. The quantitative estimate of drug-likeness (QED) is 0.445. The van der Waals surface area contributed by atoms with Gasteiger partial charge in [0.05, 0.1) is 4.92 Å². The van der Waals surface area contributed by atoms with E-state index in [1.54, 1.807) is 12.1 Å². The maximum absolute atomic E-state index is 11.2. The second kappa shape index (κ2) is 6.93. The predicted octanol–water partition coefficient (Wildman–Crippen LogP) is 5.84. The Morgan fingerprint density at radius 2 is 1.86 bits per heavy atom. The lowest BCUT2D eigenvalue weighted by molar-refractivity contribution is -0.384. The van der Waals surface area contributed by atoms with Gasteiger partial charge in [-0.05, 0) is 50.3 Å². The van der Waals surface area contributed by atoms with Crippen LogP contribution in [0.15, 0.2) is 42.6 Å². The minimum atomic E-state index is -0.375. The molecule has 28 heavy (non-hydrogen) atoms. The van der Waals surface area contributed by atoms with Crippen molar-refractivity contribution in [3.8, 4) is 11.3 Å². The molecule has 0 saturated carbocycles. The molecule has 2 heterocycles. The highest BCUT2D eigenvalue weighted by Crippen LogP contribution is 2.35. The van der Waals surface area contributed by atoms with Crippen LogP contribution in [0.1, 0.15) is 46.6 Å². The van der Waals surface area contributed by atoms with Crippen molar-refractivity contribution in [1.29, 1.82) is 0 Å². The van der Waals surface area contributed by atoms with Crippen molar-refractivity contribution in [2.75, 3.05) is 5.32 Å². The number of nitrogens with one attached hydrogen (secondary N) is 1. The van der Waals surface area contributed by atoms with Crippen LogP contribution in [0.5, 0.6) is 0 Å². The molecule has 0 amide bonds. The third-order valence-corrected chi connectivity index (χ3v) is 4.54. The molecular formula is C22H28N4O2. The molecule has 0 saturated heterocycles. The zero-order valence-electron chi connectivity index (χ0n) is 17.4. The summed E-state index contributed by atoms with van der Waals surface area (Å²) in [6.45, 7) is 13.0. The van der Waals surface area contributed by atoms with E-state index in [2.05, 4.69) is 39.9 Å². The molecule has 0 atom stereocenters. The minimum absolute atomic E-state index is 0.0608. The van der Waals surface area contributed by atoms with Crippen molar-refractivity contribution < 1.29 is 4.92 Å². The summed E-state index contributed by atoms with van der Waals surface area (Å²) in [6, 6.07) is 10.7. The van der Waals surface area contributed by atoms with Crippen molar-refractivity contribution in [2.24, 2.45) is 5.41 Å². The fourth-order valence-electron chi connectivity index (χ4n) is 3.92. The number of hydrogen-bond acceptors (Lipinski definition) is 4. The summed E-state index contributed by atoms with van der Waals surface area (Å²) in [5, 5.41) is 14.9. The number of anilines is 1. The number of aryl methyl sites for hydroxylation is 1. The first-order valence-electron chi connectivity index (χ1n) is 9.47. The summed E-state index contributed by atoms with van der Waals surface area (Å²) < 4.78 is 2.02. The zero-order chi connectivity index (χ0) is 20.7. The van der Waals surface area contributed by atoms with Crippen LogP contribution >= 0.6 is 0 Å². The van der Waals surface area contributed by atoms with Gasteiger partial charge in [0.2, 0.25) is 0 Å². The fraction of sp³-hybridized carbons (Fsp3) is 0.409. The van der Waals surface area contributed by atoms with Crippen molar-refractivity contribution in [3.63, 3.8) is 0 Å². The molecule has 0 unspecified atom stereocenters. The van der Waals surface area contributed by atoms with Crippen LogP contribution in [0.25, 0.3) is 16.9 Å². The number of non-ortho nitro benzene ring substituents is 1. The van der Waals surface area contributed by atoms with Gasteiger partial charge >= 0.3 is 0 Å². The maximum Gasteiger partial charge on any atom is 0.270 e. The molecule has 1 aromatic carbocycles. The molecule has 0 aliphatic carbocycles. The lowest BCUT2D eigenvalue weighted by atomic mass is 9.82. The monoisotopic (exact) mass is 380 g/mol. The van der Waals surface area contributed by atoms with Gasteiger partial charge in [-0.15, -0.1) is 0 Å². The highest BCUT2D eigenvalue weighted by atomic mass is 16.6. The number of benzene rings is 1. The standard InChI is InChI=1S/C22H28N4O2/c1-15-10-11-25-18(12-15)23-19(16-8-7-9-17(13-16)26(27)28)20(25)24-22(5,6)14-21(2,3)4/h7-13,24H,14H2,1-6H3. The van der Waals surface area contributed by atoms with Crippen molar-refractivity contribution in [2.45, 2.75) is 53.5 Å². The van der Waals surface area contributed by atoms with Gasteiger partial charge in [-0.25, -0.2) is 4.98 Å². The van der Waals surface area contributed by atoms with Crippen molar-refractivity contribution in [3.05, 3.63) is 58.3 Å². The van der Waals surface area contributed by atoms with E-state index in [0.29, 0.717) is 0 Å².